The molecule has 0 amide bonds. The maximum atomic E-state index is 6.18. The van der Waals surface area contributed by atoms with E-state index < -0.39 is 0 Å². The molecule has 1 N–H and O–H groups in total. The van der Waals surface area contributed by atoms with E-state index >= 15 is 0 Å². The van der Waals surface area contributed by atoms with E-state index in [0.717, 1.165) is 23.4 Å². The number of nitrogens with one attached hydrogen (secondary N) is 1. The highest BCUT2D eigenvalue weighted by Gasteiger charge is 2.15. The minimum Gasteiger partial charge on any atom is -0.312 e. The summed E-state index contributed by atoms with van der Waals surface area (Å²) in [6, 6.07) is 0.289. The molecule has 1 rings (SSSR count). The maximum absolute atomic E-state index is 6.18. The van der Waals surface area contributed by atoms with Crippen molar-refractivity contribution in [3.8, 4) is 12.3 Å². The first-order chi connectivity index (χ1) is 6.70. The molecule has 0 fully saturated rings. The van der Waals surface area contributed by atoms with Gasteiger partial charge in [-0.3, -0.25) is 0 Å². The molecule has 1 aromatic rings. The summed E-state index contributed by atoms with van der Waals surface area (Å²) in [5.41, 5.74) is 1.15. The number of halogens is 1. The van der Waals surface area contributed by atoms with Gasteiger partial charge in [-0.25, -0.2) is 0 Å². The molecule has 0 spiro atoms. The van der Waals surface area contributed by atoms with Crippen molar-refractivity contribution >= 4 is 22.9 Å². The molecular formula is C11H14ClNS. The Labute approximate surface area is 94.5 Å². The Balaban J connectivity index is 2.79. The molecule has 0 aliphatic rings. The van der Waals surface area contributed by atoms with Crippen LogP contribution in [0.1, 0.15) is 29.3 Å². The van der Waals surface area contributed by atoms with Crippen molar-refractivity contribution in [1.29, 1.82) is 0 Å². The van der Waals surface area contributed by atoms with Gasteiger partial charge >= 0.3 is 0 Å². The fourth-order valence-corrected chi connectivity index (χ4v) is 2.79. The summed E-state index contributed by atoms with van der Waals surface area (Å²) in [5, 5.41) is 6.20. The van der Waals surface area contributed by atoms with E-state index in [1.54, 1.807) is 11.3 Å². The van der Waals surface area contributed by atoms with Gasteiger partial charge in [-0.15, -0.1) is 23.7 Å². The Hall–Kier alpha value is -0.490. The molecular weight excluding hydrogens is 214 g/mol. The van der Waals surface area contributed by atoms with E-state index in [9.17, 15) is 0 Å². The summed E-state index contributed by atoms with van der Waals surface area (Å²) in [6.45, 7) is 2.02. The molecule has 1 aromatic heterocycles. The van der Waals surface area contributed by atoms with Crippen molar-refractivity contribution in [2.75, 3.05) is 7.05 Å². The average Bonchev–Trinajstić information content (AvgIpc) is 2.51. The van der Waals surface area contributed by atoms with Crippen LogP contribution in [-0.4, -0.2) is 7.05 Å². The van der Waals surface area contributed by atoms with Gasteiger partial charge in [-0.2, -0.15) is 0 Å². The van der Waals surface area contributed by atoms with Gasteiger partial charge < -0.3 is 5.32 Å². The molecule has 0 saturated heterocycles. The molecule has 0 aliphatic carbocycles. The van der Waals surface area contributed by atoms with Crippen LogP contribution in [0.5, 0.6) is 0 Å². The van der Waals surface area contributed by atoms with Crippen molar-refractivity contribution in [1.82, 2.24) is 5.32 Å². The number of terminal acetylenes is 1. The molecule has 0 radical (unpaired) electrons. The molecule has 0 saturated carbocycles. The molecule has 1 atom stereocenters. The van der Waals surface area contributed by atoms with Crippen molar-refractivity contribution in [2.45, 2.75) is 25.8 Å². The van der Waals surface area contributed by atoms with Gasteiger partial charge in [0, 0.05) is 17.3 Å². The van der Waals surface area contributed by atoms with Crippen LogP contribution in [0.2, 0.25) is 5.02 Å². The first-order valence-electron chi connectivity index (χ1n) is 4.55. The van der Waals surface area contributed by atoms with Crippen molar-refractivity contribution in [3.05, 3.63) is 20.8 Å². The van der Waals surface area contributed by atoms with E-state index in [-0.39, 0.29) is 6.04 Å². The zero-order valence-corrected chi connectivity index (χ0v) is 10.0. The second-order valence-electron chi connectivity index (χ2n) is 3.18. The summed E-state index contributed by atoms with van der Waals surface area (Å²) in [7, 11) is 1.94. The molecule has 1 heterocycles. The Kier molecular flexibility index (Phi) is 4.47. The summed E-state index contributed by atoms with van der Waals surface area (Å²) >= 11 is 7.88. The quantitative estimate of drug-likeness (QED) is 0.778. The molecule has 0 aliphatic heterocycles. The predicted molar refractivity (Wildman–Crippen MR) is 63.9 cm³/mol. The van der Waals surface area contributed by atoms with Crippen LogP contribution in [0.15, 0.2) is 5.38 Å². The monoisotopic (exact) mass is 227 g/mol. The van der Waals surface area contributed by atoms with Gasteiger partial charge in [0.25, 0.3) is 0 Å². The van der Waals surface area contributed by atoms with Crippen molar-refractivity contribution in [2.24, 2.45) is 0 Å². The van der Waals surface area contributed by atoms with Crippen LogP contribution in [-0.2, 0) is 0 Å². The third-order valence-electron chi connectivity index (χ3n) is 2.17. The van der Waals surface area contributed by atoms with E-state index in [4.69, 9.17) is 18.0 Å². The molecule has 14 heavy (non-hydrogen) atoms. The fourth-order valence-electron chi connectivity index (χ4n) is 1.32. The van der Waals surface area contributed by atoms with Crippen LogP contribution in [0.25, 0.3) is 0 Å². The Morgan fingerprint density at radius 3 is 2.86 bits per heavy atom. The summed E-state index contributed by atoms with van der Waals surface area (Å²) < 4.78 is 0. The first kappa shape index (κ1) is 11.6. The molecule has 0 aromatic carbocycles. The zero-order valence-electron chi connectivity index (χ0n) is 8.43. The zero-order chi connectivity index (χ0) is 10.6. The SMILES string of the molecule is C#CCCC(NC)c1scc(C)c1Cl. The third kappa shape index (κ3) is 2.51. The Morgan fingerprint density at radius 1 is 1.71 bits per heavy atom. The van der Waals surface area contributed by atoms with Gasteiger partial charge in [0.2, 0.25) is 0 Å². The highest BCUT2D eigenvalue weighted by atomic mass is 35.5. The standard InChI is InChI=1S/C11H14ClNS/c1-4-5-6-9(13-3)11-10(12)8(2)7-14-11/h1,7,9,13H,5-6H2,2-3H3. The van der Waals surface area contributed by atoms with E-state index in [2.05, 4.69) is 16.6 Å². The van der Waals surface area contributed by atoms with Crippen LogP contribution >= 0.6 is 22.9 Å². The number of rotatable bonds is 4. The van der Waals surface area contributed by atoms with E-state index in [1.807, 2.05) is 14.0 Å². The fraction of sp³-hybridized carbons (Fsp3) is 0.455. The van der Waals surface area contributed by atoms with Gasteiger partial charge in [-0.05, 0) is 31.3 Å². The lowest BCUT2D eigenvalue weighted by Gasteiger charge is -2.13. The Bertz CT molecular complexity index is 338. The van der Waals surface area contributed by atoms with E-state index in [0.29, 0.717) is 0 Å². The summed E-state index contributed by atoms with van der Waals surface area (Å²) in [5.74, 6) is 2.65. The van der Waals surface area contributed by atoms with Crippen LogP contribution in [0.4, 0.5) is 0 Å². The van der Waals surface area contributed by atoms with Gasteiger partial charge in [0.15, 0.2) is 0 Å². The topological polar surface area (TPSA) is 12.0 Å². The summed E-state index contributed by atoms with van der Waals surface area (Å²) in [6.07, 6.45) is 6.96. The Morgan fingerprint density at radius 2 is 2.43 bits per heavy atom. The van der Waals surface area contributed by atoms with Gasteiger partial charge in [0.1, 0.15) is 0 Å². The van der Waals surface area contributed by atoms with Crippen LogP contribution in [0.3, 0.4) is 0 Å². The molecule has 3 heteroatoms. The van der Waals surface area contributed by atoms with Crippen molar-refractivity contribution < 1.29 is 0 Å². The second kappa shape index (κ2) is 5.41. The number of hydrogen-bond donors (Lipinski definition) is 1. The van der Waals surface area contributed by atoms with Gasteiger partial charge in [0.05, 0.1) is 5.02 Å². The van der Waals surface area contributed by atoms with Gasteiger partial charge in [-0.1, -0.05) is 11.6 Å². The lowest BCUT2D eigenvalue weighted by atomic mass is 10.1. The lowest BCUT2D eigenvalue weighted by Crippen LogP contribution is -2.15. The second-order valence-corrected chi connectivity index (χ2v) is 4.47. The molecule has 76 valence electrons. The lowest BCUT2D eigenvalue weighted by molar-refractivity contribution is 0.567. The minimum absolute atomic E-state index is 0.289. The van der Waals surface area contributed by atoms with Crippen LogP contribution < -0.4 is 5.32 Å². The normalized spacial score (nSPS) is 12.4. The highest BCUT2D eigenvalue weighted by Crippen LogP contribution is 2.34. The highest BCUT2D eigenvalue weighted by molar-refractivity contribution is 7.10. The number of thiophene rings is 1. The predicted octanol–water partition coefficient (Wildman–Crippen LogP) is 3.38. The first-order valence-corrected chi connectivity index (χ1v) is 5.80. The minimum atomic E-state index is 0.289. The van der Waals surface area contributed by atoms with Crippen LogP contribution in [0, 0.1) is 19.3 Å². The number of hydrogen-bond acceptors (Lipinski definition) is 2. The smallest absolute Gasteiger partial charge is 0.0590 e. The van der Waals surface area contributed by atoms with E-state index in [1.165, 1.54) is 4.88 Å². The van der Waals surface area contributed by atoms with Crippen molar-refractivity contribution in [3.63, 3.8) is 0 Å². The molecule has 1 unspecified atom stereocenters. The average molecular weight is 228 g/mol. The largest absolute Gasteiger partial charge is 0.312 e. The molecule has 1 nitrogen and oxygen atoms in total. The summed E-state index contributed by atoms with van der Waals surface area (Å²) in [4.78, 5) is 1.20. The molecule has 0 bridgehead atoms. The third-order valence-corrected chi connectivity index (χ3v) is 4.00. The number of aryl methyl sites for hydroxylation is 1. The maximum Gasteiger partial charge on any atom is 0.0590 e.